The van der Waals surface area contributed by atoms with Crippen LogP contribution in [0.4, 0.5) is 11.6 Å². The predicted molar refractivity (Wildman–Crippen MR) is 171 cm³/mol. The molecule has 2 fully saturated rings. The fraction of sp³-hybridized carbons (Fsp3) is 0.621. The zero-order chi connectivity index (χ0) is 32.8. The Bertz CT molecular complexity index is 1520. The molecule has 0 radical (unpaired) electrons. The summed E-state index contributed by atoms with van der Waals surface area (Å²) in [5.41, 5.74) is 7.10. The summed E-state index contributed by atoms with van der Waals surface area (Å²) in [4.78, 5) is 24.2. The maximum atomic E-state index is 11.6. The molecule has 0 bridgehead atoms. The number of imidazole rings is 1. The van der Waals surface area contributed by atoms with Gasteiger partial charge in [-0.05, 0) is 28.2 Å². The number of nitrogens with two attached hydrogens (primary N) is 1. The van der Waals surface area contributed by atoms with Crippen molar-refractivity contribution in [2.24, 2.45) is 0 Å². The second kappa shape index (κ2) is 12.7. The first-order chi connectivity index (χ1) is 21.3. The Morgan fingerprint density at radius 1 is 1.02 bits per heavy atom. The van der Waals surface area contributed by atoms with Crippen molar-refractivity contribution in [2.75, 3.05) is 19.5 Å². The van der Waals surface area contributed by atoms with E-state index in [0.717, 1.165) is 0 Å². The van der Waals surface area contributed by atoms with Gasteiger partial charge in [-0.25, -0.2) is 4.98 Å². The molecule has 1 aromatic carbocycles. The van der Waals surface area contributed by atoms with Crippen LogP contribution in [-0.2, 0) is 22.4 Å². The molecule has 2 aromatic heterocycles. The van der Waals surface area contributed by atoms with Gasteiger partial charge in [-0.1, -0.05) is 67.5 Å². The van der Waals surface area contributed by atoms with Crippen LogP contribution in [0.1, 0.15) is 61.6 Å². The van der Waals surface area contributed by atoms with Crippen molar-refractivity contribution in [3.63, 3.8) is 0 Å². The van der Waals surface area contributed by atoms with Crippen LogP contribution >= 0.6 is 0 Å². The van der Waals surface area contributed by atoms with E-state index < -0.39 is 46.6 Å². The molecule has 5 rings (SSSR count). The van der Waals surface area contributed by atoms with Gasteiger partial charge in [-0.2, -0.15) is 9.97 Å². The largest absolute Gasteiger partial charge is 0.429 e. The van der Waals surface area contributed by atoms with Gasteiger partial charge in [-0.3, -0.25) is 14.7 Å². The SMILES string of the molecule is CO[C@@H]1[C@@H]2O[Si](C(C)C)(C(C)C)O[Si](C(C)C)(C(C)C)OC[C@H]2O[C@H]1n1cnc2c(Oc3ccccc3[N+](=O)[O-])nc(N)nc21. The second-order valence-electron chi connectivity index (χ2n) is 12.9. The van der Waals surface area contributed by atoms with E-state index in [1.165, 1.54) is 12.1 Å². The van der Waals surface area contributed by atoms with Gasteiger partial charge < -0.3 is 32.9 Å². The molecule has 2 N–H and O–H groups in total. The summed E-state index contributed by atoms with van der Waals surface area (Å²) >= 11 is 0. The van der Waals surface area contributed by atoms with Gasteiger partial charge in [0.25, 0.3) is 5.88 Å². The van der Waals surface area contributed by atoms with E-state index in [-0.39, 0.29) is 57.6 Å². The van der Waals surface area contributed by atoms with Gasteiger partial charge in [0, 0.05) is 13.2 Å². The molecular weight excluding hydrogens is 617 g/mol. The number of nitrogens with zero attached hydrogens (tertiary/aromatic N) is 5. The number of ether oxygens (including phenoxy) is 3. The fourth-order valence-electron chi connectivity index (χ4n) is 6.56. The summed E-state index contributed by atoms with van der Waals surface area (Å²) in [6.07, 6.45) is -0.703. The molecule has 0 saturated carbocycles. The standard InChI is InChI=1S/C29H44N6O8Si2/c1-16(2)44(17(3)4)39-14-22-24(42-45(43-44,18(5)6)19(7)8)25(38-9)28(41-22)34-15-31-23-26(34)32-29(30)33-27(23)40-21-13-11-10-12-20(21)35(36)37/h10-13,15-19,22,24-25,28H,14H2,1-9H3,(H2,30,32,33)/t22-,24-,25-,28-/m1/s1. The zero-order valence-electron chi connectivity index (χ0n) is 27.3. The van der Waals surface area contributed by atoms with Crippen LogP contribution in [0.25, 0.3) is 11.2 Å². The van der Waals surface area contributed by atoms with Gasteiger partial charge in [0.15, 0.2) is 17.4 Å². The Morgan fingerprint density at radius 2 is 1.67 bits per heavy atom. The number of para-hydroxylation sites is 2. The lowest BCUT2D eigenvalue weighted by Crippen LogP contribution is -2.65. The summed E-state index contributed by atoms with van der Waals surface area (Å²) in [5, 5.41) is 11.6. The first-order valence-corrected chi connectivity index (χ1v) is 19.3. The molecule has 4 heterocycles. The van der Waals surface area contributed by atoms with Crippen LogP contribution in [0.3, 0.4) is 0 Å². The minimum Gasteiger partial charge on any atom is -0.429 e. The quantitative estimate of drug-likeness (QED) is 0.162. The summed E-state index contributed by atoms with van der Waals surface area (Å²) in [6, 6.07) is 6.01. The summed E-state index contributed by atoms with van der Waals surface area (Å²) in [7, 11) is -4.09. The molecule has 45 heavy (non-hydrogen) atoms. The lowest BCUT2D eigenvalue weighted by Gasteiger charge is -2.51. The number of nitrogen functional groups attached to an aromatic ring is 1. The number of rotatable bonds is 9. The number of aromatic nitrogens is 4. The van der Waals surface area contributed by atoms with Crippen LogP contribution in [0.2, 0.25) is 22.2 Å². The Kier molecular flexibility index (Phi) is 9.39. The van der Waals surface area contributed by atoms with Gasteiger partial charge in [-0.15, -0.1) is 0 Å². The highest BCUT2D eigenvalue weighted by molar-refractivity contribution is 6.84. The molecular formula is C29H44N6O8Si2. The molecule has 16 heteroatoms. The number of methoxy groups -OCH3 is 1. The summed E-state index contributed by atoms with van der Waals surface area (Å²) in [6.45, 7) is 17.6. The highest BCUT2D eigenvalue weighted by Gasteiger charge is 2.62. The van der Waals surface area contributed by atoms with Gasteiger partial charge >= 0.3 is 22.8 Å². The minimum absolute atomic E-state index is 0.000901. The van der Waals surface area contributed by atoms with Gasteiger partial charge in [0.2, 0.25) is 11.7 Å². The number of nitro benzene ring substituents is 1. The predicted octanol–water partition coefficient (Wildman–Crippen LogP) is 5.98. The molecule has 14 nitrogen and oxygen atoms in total. The maximum Gasteiger partial charge on any atom is 0.335 e. The Balaban J connectivity index is 1.57. The van der Waals surface area contributed by atoms with E-state index in [4.69, 9.17) is 32.9 Å². The normalized spacial score (nSPS) is 24.7. The third-order valence-electron chi connectivity index (χ3n) is 8.84. The molecule has 4 atom stereocenters. The van der Waals surface area contributed by atoms with E-state index in [1.807, 2.05) is 0 Å². The van der Waals surface area contributed by atoms with E-state index >= 15 is 0 Å². The molecule has 0 amide bonds. The molecule has 0 unspecified atom stereocenters. The Hall–Kier alpha value is -3.00. The first-order valence-electron chi connectivity index (χ1n) is 15.4. The second-order valence-corrected chi connectivity index (χ2v) is 21.7. The highest BCUT2D eigenvalue weighted by Crippen LogP contribution is 2.49. The van der Waals surface area contributed by atoms with E-state index in [2.05, 4.69) is 70.3 Å². The first kappa shape index (κ1) is 33.4. The third-order valence-corrected chi connectivity index (χ3v) is 19.1. The van der Waals surface area contributed by atoms with Crippen molar-refractivity contribution in [3.8, 4) is 11.6 Å². The van der Waals surface area contributed by atoms with Crippen molar-refractivity contribution < 1.29 is 32.1 Å². The minimum atomic E-state index is -2.94. The lowest BCUT2D eigenvalue weighted by atomic mass is 10.1. The van der Waals surface area contributed by atoms with Crippen molar-refractivity contribution in [1.82, 2.24) is 19.5 Å². The average molecular weight is 661 g/mol. The molecule has 2 aliphatic heterocycles. The molecule has 0 aliphatic carbocycles. The summed E-state index contributed by atoms with van der Waals surface area (Å²) in [5.74, 6) is -0.120. The van der Waals surface area contributed by atoms with Crippen molar-refractivity contribution in [3.05, 3.63) is 40.7 Å². The summed E-state index contributed by atoms with van der Waals surface area (Å²) < 4.78 is 41.9. The van der Waals surface area contributed by atoms with Crippen molar-refractivity contribution in [1.29, 1.82) is 0 Å². The van der Waals surface area contributed by atoms with Crippen molar-refractivity contribution in [2.45, 2.75) is 102 Å². The van der Waals surface area contributed by atoms with Crippen LogP contribution in [0.15, 0.2) is 30.6 Å². The van der Waals surface area contributed by atoms with Crippen molar-refractivity contribution >= 4 is 39.9 Å². The monoisotopic (exact) mass is 660 g/mol. The molecule has 3 aromatic rings. The van der Waals surface area contributed by atoms with E-state index in [1.54, 1.807) is 30.1 Å². The molecule has 2 aliphatic rings. The Morgan fingerprint density at radius 3 is 2.27 bits per heavy atom. The van der Waals surface area contributed by atoms with Crippen LogP contribution in [0, 0.1) is 10.1 Å². The van der Waals surface area contributed by atoms with Crippen LogP contribution in [-0.4, -0.2) is 73.6 Å². The average Bonchev–Trinajstić information content (AvgIpc) is 3.53. The number of benzene rings is 1. The lowest BCUT2D eigenvalue weighted by molar-refractivity contribution is -0.385. The number of nitro groups is 1. The Labute approximate surface area is 265 Å². The number of fused-ring (bicyclic) bond motifs is 2. The third kappa shape index (κ3) is 5.77. The smallest absolute Gasteiger partial charge is 0.335 e. The van der Waals surface area contributed by atoms with E-state index in [0.29, 0.717) is 5.65 Å². The number of hydrogen-bond donors (Lipinski definition) is 1. The molecule has 246 valence electrons. The van der Waals surface area contributed by atoms with Crippen LogP contribution < -0.4 is 10.5 Å². The van der Waals surface area contributed by atoms with E-state index in [9.17, 15) is 10.1 Å². The fourth-order valence-corrected chi connectivity index (χ4v) is 17.8. The number of anilines is 1. The highest BCUT2D eigenvalue weighted by atomic mass is 28.5. The molecule has 0 spiro atoms. The van der Waals surface area contributed by atoms with Gasteiger partial charge in [0.1, 0.15) is 18.3 Å². The van der Waals surface area contributed by atoms with Crippen LogP contribution in [0.5, 0.6) is 11.6 Å². The van der Waals surface area contributed by atoms with Gasteiger partial charge in [0.05, 0.1) is 17.9 Å². The number of hydrogen-bond acceptors (Lipinski definition) is 12. The molecule has 2 saturated heterocycles. The topological polar surface area (TPSA) is 168 Å². The maximum absolute atomic E-state index is 11.6. The zero-order valence-corrected chi connectivity index (χ0v) is 29.3.